The molecule has 0 heterocycles. The van der Waals surface area contributed by atoms with Gasteiger partial charge in [0.2, 0.25) is 5.91 Å². The maximum atomic E-state index is 12.6. The van der Waals surface area contributed by atoms with Crippen LogP contribution in [0.15, 0.2) is 48.6 Å². The molecule has 3 N–H and O–H groups in total. The molecule has 0 aromatic carbocycles. The van der Waals surface area contributed by atoms with E-state index in [1.165, 1.54) is 353 Å². The molecule has 83 heavy (non-hydrogen) atoms. The van der Waals surface area contributed by atoms with E-state index in [0.29, 0.717) is 12.8 Å². The van der Waals surface area contributed by atoms with Crippen LogP contribution in [0.1, 0.15) is 431 Å². The van der Waals surface area contributed by atoms with E-state index in [1.807, 2.05) is 0 Å². The highest BCUT2D eigenvalue weighted by Gasteiger charge is 2.20. The van der Waals surface area contributed by atoms with Crippen LogP contribution in [0, 0.1) is 0 Å². The van der Waals surface area contributed by atoms with Crippen LogP contribution in [-0.2, 0) is 4.79 Å². The molecule has 0 saturated heterocycles. The second kappa shape index (κ2) is 74.6. The lowest BCUT2D eigenvalue weighted by Crippen LogP contribution is -2.45. The third-order valence-electron chi connectivity index (χ3n) is 18.1. The van der Waals surface area contributed by atoms with Gasteiger partial charge in [-0.1, -0.05) is 422 Å². The monoisotopic (exact) mass is 1160 g/mol. The molecule has 0 aromatic heterocycles. The van der Waals surface area contributed by atoms with Crippen LogP contribution in [0.4, 0.5) is 0 Å². The Balaban J connectivity index is 3.36. The van der Waals surface area contributed by atoms with Gasteiger partial charge in [-0.25, -0.2) is 0 Å². The summed E-state index contributed by atoms with van der Waals surface area (Å²) in [6.45, 7) is 4.30. The molecule has 2 unspecified atom stereocenters. The summed E-state index contributed by atoms with van der Waals surface area (Å²) >= 11 is 0. The van der Waals surface area contributed by atoms with Gasteiger partial charge in [0.25, 0.3) is 0 Å². The van der Waals surface area contributed by atoms with Crippen molar-refractivity contribution in [1.82, 2.24) is 5.32 Å². The first-order valence-electron chi connectivity index (χ1n) is 38.3. The molecule has 0 aliphatic rings. The van der Waals surface area contributed by atoms with Gasteiger partial charge in [0.1, 0.15) is 0 Å². The fourth-order valence-corrected chi connectivity index (χ4v) is 12.4. The van der Waals surface area contributed by atoms with Crippen molar-refractivity contribution < 1.29 is 15.0 Å². The first kappa shape index (κ1) is 81.3. The molecule has 0 fully saturated rings. The van der Waals surface area contributed by atoms with E-state index >= 15 is 0 Å². The second-order valence-electron chi connectivity index (χ2n) is 26.4. The number of aliphatic hydroxyl groups is 2. The number of hydrogen-bond donors (Lipinski definition) is 3. The van der Waals surface area contributed by atoms with Crippen LogP contribution < -0.4 is 5.32 Å². The lowest BCUT2D eigenvalue weighted by molar-refractivity contribution is -0.123. The number of amides is 1. The van der Waals surface area contributed by atoms with Crippen LogP contribution in [0.5, 0.6) is 0 Å². The lowest BCUT2D eigenvalue weighted by atomic mass is 10.0. The van der Waals surface area contributed by atoms with Crippen LogP contribution in [0.25, 0.3) is 0 Å². The van der Waals surface area contributed by atoms with E-state index in [4.69, 9.17) is 0 Å². The van der Waals surface area contributed by atoms with Crippen molar-refractivity contribution in [2.45, 2.75) is 443 Å². The van der Waals surface area contributed by atoms with E-state index in [1.54, 1.807) is 0 Å². The Labute approximate surface area is 522 Å². The van der Waals surface area contributed by atoms with E-state index in [-0.39, 0.29) is 12.5 Å². The number of rotatable bonds is 72. The molecule has 0 radical (unpaired) electrons. The van der Waals surface area contributed by atoms with Crippen LogP contribution in [-0.4, -0.2) is 34.9 Å². The largest absolute Gasteiger partial charge is 0.394 e. The number of allylic oxidation sites excluding steroid dienone is 8. The number of nitrogens with one attached hydrogen (secondary N) is 1. The molecular formula is C79H151NO3. The number of carbonyl (C=O) groups excluding carboxylic acids is 1. The zero-order chi connectivity index (χ0) is 59.8. The maximum Gasteiger partial charge on any atom is 0.220 e. The average Bonchev–Trinajstić information content (AvgIpc) is 3.51. The number of carbonyl (C=O) groups is 1. The minimum atomic E-state index is -0.660. The predicted molar refractivity (Wildman–Crippen MR) is 373 cm³/mol. The molecule has 0 rings (SSSR count). The summed E-state index contributed by atoms with van der Waals surface area (Å²) in [6.07, 6.45) is 105. The Kier molecular flexibility index (Phi) is 73.1. The van der Waals surface area contributed by atoms with Gasteiger partial charge in [0, 0.05) is 6.42 Å². The van der Waals surface area contributed by atoms with Gasteiger partial charge in [-0.3, -0.25) is 4.79 Å². The zero-order valence-electron chi connectivity index (χ0n) is 56.7. The van der Waals surface area contributed by atoms with Crippen LogP contribution in [0.3, 0.4) is 0 Å². The molecule has 0 aliphatic heterocycles. The summed E-state index contributed by atoms with van der Waals surface area (Å²) in [7, 11) is 0. The molecule has 0 aromatic rings. The van der Waals surface area contributed by atoms with Gasteiger partial charge in [-0.2, -0.15) is 0 Å². The van der Waals surface area contributed by atoms with Crippen molar-refractivity contribution in [2.75, 3.05) is 6.61 Å². The van der Waals surface area contributed by atoms with E-state index in [9.17, 15) is 15.0 Å². The molecule has 0 bridgehead atoms. The lowest BCUT2D eigenvalue weighted by Gasteiger charge is -2.22. The molecule has 0 aliphatic carbocycles. The molecule has 4 nitrogen and oxygen atoms in total. The maximum absolute atomic E-state index is 12.6. The van der Waals surface area contributed by atoms with Crippen LogP contribution in [0.2, 0.25) is 0 Å². The number of unbranched alkanes of at least 4 members (excludes halogenated alkanes) is 57. The summed E-state index contributed by atoms with van der Waals surface area (Å²) in [5.41, 5.74) is 0. The quantitative estimate of drug-likeness (QED) is 0.0420. The average molecular weight is 1160 g/mol. The number of hydrogen-bond acceptors (Lipinski definition) is 3. The zero-order valence-corrected chi connectivity index (χ0v) is 56.7. The van der Waals surface area contributed by atoms with Crippen molar-refractivity contribution in [3.63, 3.8) is 0 Å². The highest BCUT2D eigenvalue weighted by Crippen LogP contribution is 2.20. The molecule has 1 amide bonds. The Morgan fingerprint density at radius 3 is 0.795 bits per heavy atom. The summed E-state index contributed by atoms with van der Waals surface area (Å²) in [6, 6.07) is -0.536. The standard InChI is InChI=1S/C79H151NO3/c1-3-5-7-9-11-13-15-17-19-21-23-25-27-29-31-33-35-36-37-38-39-40-41-42-43-44-45-47-49-51-53-55-57-59-61-63-65-67-69-71-73-75-79(83)80-77(76-81)78(82)74-72-70-68-66-64-62-60-58-56-54-52-50-48-46-34-32-30-28-26-24-22-20-18-16-14-12-10-8-6-4-2/h5,7,11,13,17,19,23,25,77-78,81-82H,3-4,6,8-10,12,14-16,18,20-22,24,26-76H2,1-2H3,(H,80,83)/b7-5-,13-11-,19-17-,25-23-. The molecule has 0 spiro atoms. The van der Waals surface area contributed by atoms with Gasteiger partial charge < -0.3 is 15.5 Å². The highest BCUT2D eigenvalue weighted by atomic mass is 16.3. The topological polar surface area (TPSA) is 69.6 Å². The van der Waals surface area contributed by atoms with Gasteiger partial charge in [-0.05, 0) is 51.4 Å². The highest BCUT2D eigenvalue weighted by molar-refractivity contribution is 5.76. The van der Waals surface area contributed by atoms with E-state index < -0.39 is 12.1 Å². The first-order chi connectivity index (χ1) is 41.2. The molecule has 490 valence electrons. The minimum Gasteiger partial charge on any atom is -0.394 e. The van der Waals surface area contributed by atoms with Gasteiger partial charge in [0.05, 0.1) is 18.8 Å². The minimum absolute atomic E-state index is 0.0210. The van der Waals surface area contributed by atoms with Gasteiger partial charge >= 0.3 is 0 Å². The first-order valence-corrected chi connectivity index (χ1v) is 38.3. The van der Waals surface area contributed by atoms with Crippen molar-refractivity contribution in [2.24, 2.45) is 0 Å². The Hall–Kier alpha value is -1.65. The SMILES string of the molecule is CC/C=C\C/C=C\C/C=C\C/C=C\CCCCCCCCCCCCCCCCCCCCCCCCCCCCCCC(=O)NC(CO)C(O)CCCCCCCCCCCCCCCCCCCCCCCCCCCCCCCC. The van der Waals surface area contributed by atoms with Crippen molar-refractivity contribution >= 4 is 5.91 Å². The third-order valence-corrected chi connectivity index (χ3v) is 18.1. The third kappa shape index (κ3) is 71.0. The molecule has 2 atom stereocenters. The summed E-state index contributed by atoms with van der Waals surface area (Å²) in [5, 5.41) is 23.5. The Bertz CT molecular complexity index is 1320. The Morgan fingerprint density at radius 1 is 0.301 bits per heavy atom. The fourth-order valence-electron chi connectivity index (χ4n) is 12.4. The van der Waals surface area contributed by atoms with Crippen molar-refractivity contribution in [3.8, 4) is 0 Å². The Morgan fingerprint density at radius 2 is 0.530 bits per heavy atom. The molecule has 0 saturated carbocycles. The summed E-state index contributed by atoms with van der Waals surface area (Å²) < 4.78 is 0. The predicted octanol–water partition coefficient (Wildman–Crippen LogP) is 26.4. The fraction of sp³-hybridized carbons (Fsp3) is 0.886. The van der Waals surface area contributed by atoms with Crippen molar-refractivity contribution in [3.05, 3.63) is 48.6 Å². The van der Waals surface area contributed by atoms with Gasteiger partial charge in [0.15, 0.2) is 0 Å². The second-order valence-corrected chi connectivity index (χ2v) is 26.4. The van der Waals surface area contributed by atoms with Gasteiger partial charge in [-0.15, -0.1) is 0 Å². The normalized spacial score (nSPS) is 12.9. The summed E-state index contributed by atoms with van der Waals surface area (Å²) in [4.78, 5) is 12.6. The molecule has 4 heteroatoms. The molecular weight excluding hydrogens is 1010 g/mol. The van der Waals surface area contributed by atoms with E-state index in [0.717, 1.165) is 51.4 Å². The summed E-state index contributed by atoms with van der Waals surface area (Å²) in [5.74, 6) is -0.0210. The van der Waals surface area contributed by atoms with Crippen molar-refractivity contribution in [1.29, 1.82) is 0 Å². The smallest absolute Gasteiger partial charge is 0.220 e. The van der Waals surface area contributed by atoms with E-state index in [2.05, 4.69) is 67.8 Å². The van der Waals surface area contributed by atoms with Crippen LogP contribution >= 0.6 is 0 Å². The number of aliphatic hydroxyl groups excluding tert-OH is 2.